The lowest BCUT2D eigenvalue weighted by Gasteiger charge is -2.28. The van der Waals surface area contributed by atoms with Crippen LogP contribution in [0.15, 0.2) is 54.7 Å². The highest BCUT2D eigenvalue weighted by atomic mass is 16.5. The molecule has 3 heterocycles. The second-order valence-corrected chi connectivity index (χ2v) is 8.71. The molecular formula is C26H30N6O2. The average Bonchev–Trinajstić information content (AvgIpc) is 3.42. The first kappa shape index (κ1) is 22.3. The molecule has 2 fully saturated rings. The van der Waals surface area contributed by atoms with Gasteiger partial charge in [-0.05, 0) is 68.3 Å². The molecule has 0 unspecified atom stereocenters. The van der Waals surface area contributed by atoms with Gasteiger partial charge >= 0.3 is 0 Å². The normalized spacial score (nSPS) is 18.0. The van der Waals surface area contributed by atoms with Crippen molar-refractivity contribution in [1.29, 1.82) is 0 Å². The molecule has 176 valence electrons. The van der Waals surface area contributed by atoms with E-state index < -0.39 is 0 Å². The molecule has 0 saturated carbocycles. The van der Waals surface area contributed by atoms with Gasteiger partial charge in [-0.25, -0.2) is 9.97 Å². The molecule has 1 aromatic heterocycles. The van der Waals surface area contributed by atoms with Gasteiger partial charge in [-0.15, -0.1) is 0 Å². The number of morpholine rings is 1. The lowest BCUT2D eigenvalue weighted by molar-refractivity contribution is -0.117. The highest BCUT2D eigenvalue weighted by Crippen LogP contribution is 2.26. The number of rotatable bonds is 6. The Morgan fingerprint density at radius 1 is 1.06 bits per heavy atom. The molecule has 1 amide bonds. The van der Waals surface area contributed by atoms with Crippen molar-refractivity contribution in [1.82, 2.24) is 15.3 Å². The summed E-state index contributed by atoms with van der Waals surface area (Å²) in [5, 5.41) is 9.53. The maximum absolute atomic E-state index is 12.3. The van der Waals surface area contributed by atoms with E-state index in [1.807, 2.05) is 49.5 Å². The van der Waals surface area contributed by atoms with E-state index in [-0.39, 0.29) is 11.9 Å². The number of hydrogen-bond donors (Lipinski definition) is 3. The maximum atomic E-state index is 12.3. The number of carbonyl (C=O) groups excluding carboxylic acids is 1. The summed E-state index contributed by atoms with van der Waals surface area (Å²) in [6.07, 6.45) is 3.75. The Morgan fingerprint density at radius 3 is 2.50 bits per heavy atom. The van der Waals surface area contributed by atoms with Crippen LogP contribution >= 0.6 is 0 Å². The molecule has 3 aromatic rings. The van der Waals surface area contributed by atoms with Gasteiger partial charge in [-0.1, -0.05) is 12.1 Å². The SMILES string of the molecule is Cc1cnc(Nc2ccc(N3CCOCC3)cc2)nc1-c1ccc(NC(=O)[C@@H]2CCCN2)cc1. The number of nitrogens with one attached hydrogen (secondary N) is 3. The molecule has 5 rings (SSSR count). The Balaban J connectivity index is 1.26. The number of nitrogens with zero attached hydrogens (tertiary/aromatic N) is 3. The van der Waals surface area contributed by atoms with Gasteiger partial charge in [-0.3, -0.25) is 4.79 Å². The number of hydrogen-bond acceptors (Lipinski definition) is 7. The largest absolute Gasteiger partial charge is 0.378 e. The van der Waals surface area contributed by atoms with Crippen LogP contribution in [0, 0.1) is 6.92 Å². The summed E-state index contributed by atoms with van der Waals surface area (Å²) in [4.78, 5) is 23.9. The molecule has 0 bridgehead atoms. The Kier molecular flexibility index (Phi) is 6.69. The summed E-state index contributed by atoms with van der Waals surface area (Å²) >= 11 is 0. The molecule has 0 aliphatic carbocycles. The number of amides is 1. The zero-order valence-electron chi connectivity index (χ0n) is 19.4. The van der Waals surface area contributed by atoms with E-state index in [0.29, 0.717) is 5.95 Å². The molecular weight excluding hydrogens is 428 g/mol. The van der Waals surface area contributed by atoms with Crippen molar-refractivity contribution in [2.24, 2.45) is 0 Å². The molecule has 2 aliphatic rings. The fourth-order valence-corrected chi connectivity index (χ4v) is 4.35. The fraction of sp³-hybridized carbons (Fsp3) is 0.346. The molecule has 2 aromatic carbocycles. The van der Waals surface area contributed by atoms with Crippen molar-refractivity contribution in [2.45, 2.75) is 25.8 Å². The molecule has 2 saturated heterocycles. The number of anilines is 4. The zero-order valence-corrected chi connectivity index (χ0v) is 19.4. The maximum Gasteiger partial charge on any atom is 0.241 e. The van der Waals surface area contributed by atoms with Gasteiger partial charge in [-0.2, -0.15) is 0 Å². The molecule has 8 nitrogen and oxygen atoms in total. The van der Waals surface area contributed by atoms with Gasteiger partial charge < -0.3 is 25.6 Å². The Bertz CT molecular complexity index is 1120. The van der Waals surface area contributed by atoms with Crippen LogP contribution in [0.2, 0.25) is 0 Å². The highest BCUT2D eigenvalue weighted by molar-refractivity contribution is 5.95. The van der Waals surface area contributed by atoms with Crippen LogP contribution in [0.5, 0.6) is 0 Å². The topological polar surface area (TPSA) is 91.4 Å². The van der Waals surface area contributed by atoms with Crippen LogP contribution in [0.1, 0.15) is 18.4 Å². The van der Waals surface area contributed by atoms with Crippen LogP contribution in [-0.2, 0) is 9.53 Å². The Labute approximate surface area is 199 Å². The first-order valence-electron chi connectivity index (χ1n) is 11.8. The number of carbonyl (C=O) groups is 1. The van der Waals surface area contributed by atoms with Crippen molar-refractivity contribution >= 4 is 28.9 Å². The quantitative estimate of drug-likeness (QED) is 0.519. The summed E-state index contributed by atoms with van der Waals surface area (Å²) in [6, 6.07) is 16.0. The van der Waals surface area contributed by atoms with E-state index in [0.717, 1.165) is 73.9 Å². The van der Waals surface area contributed by atoms with Crippen LogP contribution in [-0.4, -0.2) is 54.8 Å². The first-order chi connectivity index (χ1) is 16.7. The standard InChI is InChI=1S/C26H30N6O2/c1-18-17-28-26(30-21-8-10-22(11-9-21)32-13-15-34-16-14-32)31-24(18)19-4-6-20(7-5-19)29-25(33)23-3-2-12-27-23/h4-11,17,23,27H,2-3,12-16H2,1H3,(H,29,33)(H,28,30,31)/t23-/m0/s1. The van der Waals surface area contributed by atoms with Crippen LogP contribution in [0.3, 0.4) is 0 Å². The third kappa shape index (κ3) is 5.18. The van der Waals surface area contributed by atoms with Crippen LogP contribution in [0.25, 0.3) is 11.3 Å². The predicted molar refractivity (Wildman–Crippen MR) is 135 cm³/mol. The first-order valence-corrected chi connectivity index (χ1v) is 11.8. The summed E-state index contributed by atoms with van der Waals surface area (Å²) in [6.45, 7) is 6.26. The minimum atomic E-state index is -0.0969. The molecule has 1 atom stereocenters. The minimum Gasteiger partial charge on any atom is -0.378 e. The van der Waals surface area contributed by atoms with E-state index in [9.17, 15) is 4.79 Å². The summed E-state index contributed by atoms with van der Waals surface area (Å²) in [5.41, 5.74) is 5.73. The second-order valence-electron chi connectivity index (χ2n) is 8.71. The van der Waals surface area contributed by atoms with Gasteiger partial charge in [0.1, 0.15) is 0 Å². The van der Waals surface area contributed by atoms with Crippen molar-refractivity contribution in [3.8, 4) is 11.3 Å². The molecule has 34 heavy (non-hydrogen) atoms. The molecule has 3 N–H and O–H groups in total. The summed E-state index contributed by atoms with van der Waals surface area (Å²) in [5.74, 6) is 0.569. The lowest BCUT2D eigenvalue weighted by atomic mass is 10.1. The van der Waals surface area contributed by atoms with E-state index >= 15 is 0 Å². The third-order valence-corrected chi connectivity index (χ3v) is 6.27. The van der Waals surface area contributed by atoms with Gasteiger partial charge in [0, 0.05) is 41.9 Å². The second kappa shape index (κ2) is 10.2. The average molecular weight is 459 g/mol. The fourth-order valence-electron chi connectivity index (χ4n) is 4.35. The number of benzene rings is 2. The molecule has 0 radical (unpaired) electrons. The van der Waals surface area contributed by atoms with Crippen molar-refractivity contribution in [3.63, 3.8) is 0 Å². The highest BCUT2D eigenvalue weighted by Gasteiger charge is 2.21. The third-order valence-electron chi connectivity index (χ3n) is 6.27. The monoisotopic (exact) mass is 458 g/mol. The zero-order chi connectivity index (χ0) is 23.3. The number of aromatic nitrogens is 2. The number of aryl methyl sites for hydroxylation is 1. The molecule has 2 aliphatic heterocycles. The summed E-state index contributed by atoms with van der Waals surface area (Å²) in [7, 11) is 0. The predicted octanol–water partition coefficient (Wildman–Crippen LogP) is 3.72. The van der Waals surface area contributed by atoms with Gasteiger partial charge in [0.15, 0.2) is 0 Å². The van der Waals surface area contributed by atoms with Gasteiger partial charge in [0.05, 0.1) is 24.9 Å². The Morgan fingerprint density at radius 2 is 1.79 bits per heavy atom. The van der Waals surface area contributed by atoms with E-state index in [2.05, 4.69) is 38.0 Å². The molecule has 0 spiro atoms. The van der Waals surface area contributed by atoms with E-state index in [1.165, 1.54) is 5.69 Å². The Hall–Kier alpha value is -3.49. The van der Waals surface area contributed by atoms with Crippen LogP contribution < -0.4 is 20.9 Å². The van der Waals surface area contributed by atoms with Crippen molar-refractivity contribution < 1.29 is 9.53 Å². The van der Waals surface area contributed by atoms with Crippen molar-refractivity contribution in [2.75, 3.05) is 48.4 Å². The van der Waals surface area contributed by atoms with E-state index in [1.54, 1.807) is 0 Å². The lowest BCUT2D eigenvalue weighted by Crippen LogP contribution is -2.36. The van der Waals surface area contributed by atoms with Crippen LogP contribution in [0.4, 0.5) is 23.0 Å². The van der Waals surface area contributed by atoms with Crippen molar-refractivity contribution in [3.05, 3.63) is 60.3 Å². The minimum absolute atomic E-state index is 0.0228. The van der Waals surface area contributed by atoms with Gasteiger partial charge in [0.25, 0.3) is 0 Å². The smallest absolute Gasteiger partial charge is 0.241 e. The number of ether oxygens (including phenoxy) is 1. The van der Waals surface area contributed by atoms with Gasteiger partial charge in [0.2, 0.25) is 11.9 Å². The van der Waals surface area contributed by atoms with E-state index in [4.69, 9.17) is 9.72 Å². The molecule has 8 heteroatoms. The summed E-state index contributed by atoms with van der Waals surface area (Å²) < 4.78 is 5.43.